The van der Waals surface area contributed by atoms with Crippen molar-refractivity contribution in [3.8, 4) is 0 Å². The number of carbonyl (C=O) groups excluding carboxylic acids is 2. The van der Waals surface area contributed by atoms with E-state index in [1.807, 2.05) is 34.9 Å². The van der Waals surface area contributed by atoms with Gasteiger partial charge in [0.05, 0.1) is 41.4 Å². The number of aryl methyl sites for hydroxylation is 1. The topological polar surface area (TPSA) is 125 Å². The monoisotopic (exact) mass is 491 g/mol. The predicted molar refractivity (Wildman–Crippen MR) is 134 cm³/mol. The molecule has 188 valence electrons. The number of nitrogens with one attached hydrogen (secondary N) is 2. The summed E-state index contributed by atoms with van der Waals surface area (Å²) >= 11 is 0. The molecule has 0 atom stereocenters. The van der Waals surface area contributed by atoms with Gasteiger partial charge in [0, 0.05) is 25.3 Å². The van der Waals surface area contributed by atoms with E-state index in [4.69, 9.17) is 9.72 Å². The fourth-order valence-electron chi connectivity index (χ4n) is 4.47. The van der Waals surface area contributed by atoms with Crippen molar-refractivity contribution in [2.45, 2.75) is 45.3 Å². The number of para-hydroxylation sites is 2. The second-order valence-electron chi connectivity index (χ2n) is 8.77. The molecule has 1 saturated carbocycles. The molecule has 0 saturated heterocycles. The maximum atomic E-state index is 13.4. The molecule has 0 unspecified atom stereocenters. The lowest BCUT2D eigenvalue weighted by Crippen LogP contribution is -2.39. The summed E-state index contributed by atoms with van der Waals surface area (Å²) in [4.78, 5) is 45.8. The van der Waals surface area contributed by atoms with Crippen LogP contribution in [-0.2, 0) is 22.6 Å². The number of aromatic nitrogens is 5. The molecule has 3 aromatic heterocycles. The summed E-state index contributed by atoms with van der Waals surface area (Å²) in [5, 5.41) is 5.24. The zero-order chi connectivity index (χ0) is 25.1. The number of hydrogen-bond acceptors (Lipinski definition) is 6. The summed E-state index contributed by atoms with van der Waals surface area (Å²) in [6.07, 6.45) is 6.12. The van der Waals surface area contributed by atoms with Crippen molar-refractivity contribution in [3.05, 3.63) is 59.0 Å². The summed E-state index contributed by atoms with van der Waals surface area (Å²) in [7, 11) is 0. The number of urea groups is 1. The van der Waals surface area contributed by atoms with Gasteiger partial charge in [0.25, 0.3) is 0 Å². The van der Waals surface area contributed by atoms with Gasteiger partial charge in [0.1, 0.15) is 12.4 Å². The second-order valence-corrected chi connectivity index (χ2v) is 8.77. The molecule has 11 nitrogen and oxygen atoms in total. The molecule has 0 spiro atoms. The number of nitrogens with zero attached hydrogens (tertiary/aromatic N) is 5. The second kappa shape index (κ2) is 10.2. The molecule has 0 bridgehead atoms. The Morgan fingerprint density at radius 1 is 1.08 bits per heavy atom. The molecular weight excluding hydrogens is 462 g/mol. The van der Waals surface area contributed by atoms with Crippen molar-refractivity contribution in [2.24, 2.45) is 0 Å². The standard InChI is InChI=1S/C25H29N7O4/c1-2-36-23(33)15-28-24(34)27-11-5-13-30-19-7-4-3-6-18(19)29-22(30)16-31-21-14-26-12-10-20(21)32(25(31)35)17-8-9-17/h3-4,6-7,10,12,14,17H,2,5,8-9,11,13,15-16H2,1H3,(H2,27,28,34). The molecule has 2 amide bonds. The number of benzene rings is 1. The first-order valence-corrected chi connectivity index (χ1v) is 12.2. The van der Waals surface area contributed by atoms with E-state index in [0.29, 0.717) is 26.1 Å². The third kappa shape index (κ3) is 4.81. The SMILES string of the molecule is CCOC(=O)CNC(=O)NCCCn1c(Cn2c(=O)n(C3CC3)c3ccncc32)nc2ccccc21. The summed E-state index contributed by atoms with van der Waals surface area (Å²) in [5.41, 5.74) is 3.48. The molecular formula is C25H29N7O4. The van der Waals surface area contributed by atoms with Crippen molar-refractivity contribution in [1.29, 1.82) is 0 Å². The molecule has 11 heteroatoms. The highest BCUT2D eigenvalue weighted by molar-refractivity contribution is 5.80. The van der Waals surface area contributed by atoms with Crippen LogP contribution in [-0.4, -0.2) is 55.4 Å². The summed E-state index contributed by atoms with van der Waals surface area (Å²) in [6.45, 7) is 3.14. The summed E-state index contributed by atoms with van der Waals surface area (Å²) in [5.74, 6) is 0.291. The fraction of sp³-hybridized carbons (Fsp3) is 0.400. The lowest BCUT2D eigenvalue weighted by molar-refractivity contribution is -0.141. The molecule has 36 heavy (non-hydrogen) atoms. The highest BCUT2D eigenvalue weighted by Crippen LogP contribution is 2.36. The molecule has 5 rings (SSSR count). The van der Waals surface area contributed by atoms with E-state index in [1.165, 1.54) is 0 Å². The molecule has 1 aliphatic carbocycles. The minimum absolute atomic E-state index is 0.0426. The molecule has 1 aliphatic rings. The molecule has 2 N–H and O–H groups in total. The lowest BCUT2D eigenvalue weighted by atomic mass is 10.3. The minimum Gasteiger partial charge on any atom is -0.465 e. The van der Waals surface area contributed by atoms with Gasteiger partial charge in [-0.2, -0.15) is 0 Å². The van der Waals surface area contributed by atoms with Crippen molar-refractivity contribution >= 4 is 34.1 Å². The van der Waals surface area contributed by atoms with E-state index in [2.05, 4.69) is 20.2 Å². The first-order valence-electron chi connectivity index (χ1n) is 12.2. The van der Waals surface area contributed by atoms with E-state index in [9.17, 15) is 14.4 Å². The number of imidazole rings is 2. The number of fused-ring (bicyclic) bond motifs is 2. The Morgan fingerprint density at radius 2 is 1.92 bits per heavy atom. The highest BCUT2D eigenvalue weighted by atomic mass is 16.5. The Labute approximate surface area is 207 Å². The number of pyridine rings is 1. The number of rotatable bonds is 10. The number of amides is 2. The van der Waals surface area contributed by atoms with Crippen molar-refractivity contribution in [1.82, 2.24) is 34.3 Å². The van der Waals surface area contributed by atoms with Gasteiger partial charge in [-0.3, -0.25) is 18.9 Å². The van der Waals surface area contributed by atoms with Crippen LogP contribution in [0.4, 0.5) is 4.79 Å². The van der Waals surface area contributed by atoms with E-state index in [1.54, 1.807) is 23.9 Å². The Hall–Kier alpha value is -4.15. The third-order valence-corrected chi connectivity index (χ3v) is 6.25. The first kappa shape index (κ1) is 23.6. The molecule has 1 fully saturated rings. The van der Waals surface area contributed by atoms with Crippen LogP contribution in [0.25, 0.3) is 22.1 Å². The van der Waals surface area contributed by atoms with Crippen LogP contribution in [0.15, 0.2) is 47.5 Å². The lowest BCUT2D eigenvalue weighted by Gasteiger charge is -2.11. The quantitative estimate of drug-likeness (QED) is 0.259. The number of ether oxygens (including phenoxy) is 1. The van der Waals surface area contributed by atoms with Gasteiger partial charge in [0.15, 0.2) is 0 Å². The fourth-order valence-corrected chi connectivity index (χ4v) is 4.47. The first-order chi connectivity index (χ1) is 17.6. The smallest absolute Gasteiger partial charge is 0.329 e. The summed E-state index contributed by atoms with van der Waals surface area (Å²) in [6, 6.07) is 9.58. The van der Waals surface area contributed by atoms with E-state index in [-0.39, 0.29) is 24.9 Å². The van der Waals surface area contributed by atoms with Crippen LogP contribution in [0.2, 0.25) is 0 Å². The molecule has 0 aliphatic heterocycles. The van der Waals surface area contributed by atoms with Crippen molar-refractivity contribution in [2.75, 3.05) is 19.7 Å². The number of esters is 1. The Morgan fingerprint density at radius 3 is 2.72 bits per heavy atom. The van der Waals surface area contributed by atoms with Crippen LogP contribution < -0.4 is 16.3 Å². The summed E-state index contributed by atoms with van der Waals surface area (Å²) < 4.78 is 10.5. The zero-order valence-corrected chi connectivity index (χ0v) is 20.1. The normalized spacial score (nSPS) is 13.2. The van der Waals surface area contributed by atoms with Gasteiger partial charge >= 0.3 is 17.7 Å². The van der Waals surface area contributed by atoms with Crippen LogP contribution in [0.3, 0.4) is 0 Å². The largest absolute Gasteiger partial charge is 0.465 e. The predicted octanol–water partition coefficient (Wildman–Crippen LogP) is 2.18. The number of hydrogen-bond donors (Lipinski definition) is 2. The highest BCUT2D eigenvalue weighted by Gasteiger charge is 2.29. The third-order valence-electron chi connectivity index (χ3n) is 6.25. The van der Waals surface area contributed by atoms with E-state index in [0.717, 1.165) is 40.7 Å². The number of carbonyl (C=O) groups is 2. The molecule has 3 heterocycles. The van der Waals surface area contributed by atoms with Crippen LogP contribution in [0, 0.1) is 0 Å². The Balaban J connectivity index is 1.32. The molecule has 4 aromatic rings. The Kier molecular flexibility index (Phi) is 6.70. The van der Waals surface area contributed by atoms with Gasteiger partial charge in [-0.25, -0.2) is 14.6 Å². The van der Waals surface area contributed by atoms with Crippen LogP contribution in [0.5, 0.6) is 0 Å². The van der Waals surface area contributed by atoms with Gasteiger partial charge in [-0.05, 0) is 44.4 Å². The van der Waals surface area contributed by atoms with E-state index >= 15 is 0 Å². The average molecular weight is 492 g/mol. The van der Waals surface area contributed by atoms with Crippen LogP contribution in [0.1, 0.15) is 38.1 Å². The van der Waals surface area contributed by atoms with Crippen molar-refractivity contribution < 1.29 is 14.3 Å². The maximum Gasteiger partial charge on any atom is 0.329 e. The van der Waals surface area contributed by atoms with Crippen LogP contribution >= 0.6 is 0 Å². The molecule has 0 radical (unpaired) electrons. The zero-order valence-electron chi connectivity index (χ0n) is 20.1. The maximum absolute atomic E-state index is 13.4. The van der Waals surface area contributed by atoms with Gasteiger partial charge < -0.3 is 19.9 Å². The average Bonchev–Trinajstić information content (AvgIpc) is 3.60. The van der Waals surface area contributed by atoms with Gasteiger partial charge in [-0.1, -0.05) is 12.1 Å². The molecule has 1 aromatic carbocycles. The minimum atomic E-state index is -0.476. The van der Waals surface area contributed by atoms with E-state index < -0.39 is 12.0 Å². The Bertz CT molecular complexity index is 1460. The van der Waals surface area contributed by atoms with Gasteiger partial charge in [-0.15, -0.1) is 0 Å². The van der Waals surface area contributed by atoms with Crippen molar-refractivity contribution in [3.63, 3.8) is 0 Å². The van der Waals surface area contributed by atoms with Gasteiger partial charge in [0.2, 0.25) is 0 Å².